The molecule has 0 amide bonds. The molecule has 1 heterocycles. The van der Waals surface area contributed by atoms with E-state index in [1.165, 1.54) is 17.7 Å². The Balaban J connectivity index is 0.000000139. The number of aromatic nitrogens is 1. The molecule has 0 fully saturated rings. The minimum Gasteiger partial charge on any atom is -0.457 e. The van der Waals surface area contributed by atoms with E-state index in [-0.39, 0.29) is 24.2 Å². The topological polar surface area (TPSA) is 133 Å². The molecule has 0 unspecified atom stereocenters. The van der Waals surface area contributed by atoms with Crippen molar-refractivity contribution in [2.24, 2.45) is 0 Å². The molecule has 0 radical (unpaired) electrons. The van der Waals surface area contributed by atoms with Gasteiger partial charge < -0.3 is 20.0 Å². The number of fused-ring (bicyclic) bond motifs is 3. The SMILES string of the molecule is CC(=O)OCC(=O)c1ccc2ccccc2c1.Nc1nc(-c2ccc3ccccc3c2)co1.O=C(CO)c1ccc2ccccc2c1. The van der Waals surface area contributed by atoms with Crippen LogP contribution in [0.5, 0.6) is 0 Å². The van der Waals surface area contributed by atoms with Crippen molar-refractivity contribution < 1.29 is 28.6 Å². The van der Waals surface area contributed by atoms with Crippen molar-refractivity contribution in [2.75, 3.05) is 18.9 Å². The smallest absolute Gasteiger partial charge is 0.303 e. The van der Waals surface area contributed by atoms with Crippen LogP contribution in [0.4, 0.5) is 6.01 Å². The third-order valence-corrected chi connectivity index (χ3v) is 7.26. The van der Waals surface area contributed by atoms with Crippen molar-refractivity contribution in [3.63, 3.8) is 0 Å². The number of hydrogen-bond donors (Lipinski definition) is 2. The number of aliphatic hydroxyl groups excluding tert-OH is 1. The van der Waals surface area contributed by atoms with Crippen molar-refractivity contribution in [3.05, 3.63) is 145 Å². The third-order valence-electron chi connectivity index (χ3n) is 7.26. The molecule has 0 spiro atoms. The summed E-state index contributed by atoms with van der Waals surface area (Å²) in [5.74, 6) is -0.874. The van der Waals surface area contributed by atoms with E-state index in [0.717, 1.165) is 32.8 Å². The van der Waals surface area contributed by atoms with Crippen LogP contribution in [0.25, 0.3) is 43.6 Å². The molecule has 7 aromatic rings. The predicted molar refractivity (Wildman–Crippen MR) is 184 cm³/mol. The first-order valence-corrected chi connectivity index (χ1v) is 14.8. The van der Waals surface area contributed by atoms with Crippen molar-refractivity contribution in [1.29, 1.82) is 0 Å². The van der Waals surface area contributed by atoms with Crippen molar-refractivity contribution in [1.82, 2.24) is 4.98 Å². The second kappa shape index (κ2) is 15.2. The van der Waals surface area contributed by atoms with Crippen LogP contribution in [0.1, 0.15) is 27.6 Å². The minimum atomic E-state index is -0.445. The summed E-state index contributed by atoms with van der Waals surface area (Å²) in [7, 11) is 0. The van der Waals surface area contributed by atoms with Crippen molar-refractivity contribution in [3.8, 4) is 11.3 Å². The minimum absolute atomic E-state index is 0.189. The average molecular weight is 625 g/mol. The van der Waals surface area contributed by atoms with Gasteiger partial charge in [0.05, 0.1) is 0 Å². The Morgan fingerprint density at radius 3 is 1.60 bits per heavy atom. The van der Waals surface area contributed by atoms with E-state index < -0.39 is 12.6 Å². The second-order valence-corrected chi connectivity index (χ2v) is 10.5. The number of hydrogen-bond acceptors (Lipinski definition) is 8. The highest BCUT2D eigenvalue weighted by atomic mass is 16.5. The Morgan fingerprint density at radius 2 is 1.13 bits per heavy atom. The molecule has 0 atom stereocenters. The molecule has 8 heteroatoms. The number of esters is 1. The molecule has 0 aliphatic carbocycles. The quantitative estimate of drug-likeness (QED) is 0.142. The maximum Gasteiger partial charge on any atom is 0.303 e. The summed E-state index contributed by atoms with van der Waals surface area (Å²) in [6.07, 6.45) is 1.57. The van der Waals surface area contributed by atoms with E-state index in [1.807, 2.05) is 78.9 Å². The van der Waals surface area contributed by atoms with Crippen LogP contribution in [0, 0.1) is 0 Å². The molecule has 7 rings (SSSR count). The third kappa shape index (κ3) is 8.54. The lowest BCUT2D eigenvalue weighted by Crippen LogP contribution is -2.11. The number of nitrogens with two attached hydrogens (primary N) is 1. The number of rotatable bonds is 6. The molecule has 0 saturated carbocycles. The number of Topliss-reactive ketones (excluding diaryl/α,β-unsaturated/α-hetero) is 2. The number of aliphatic hydroxyl groups is 1. The van der Waals surface area contributed by atoms with Gasteiger partial charge in [-0.15, -0.1) is 0 Å². The van der Waals surface area contributed by atoms with Gasteiger partial charge in [0.25, 0.3) is 6.01 Å². The van der Waals surface area contributed by atoms with Gasteiger partial charge in [-0.3, -0.25) is 14.4 Å². The highest BCUT2D eigenvalue weighted by Gasteiger charge is 2.08. The summed E-state index contributed by atoms with van der Waals surface area (Å²) in [5.41, 5.74) is 8.35. The molecule has 8 nitrogen and oxygen atoms in total. The normalized spacial score (nSPS) is 10.4. The summed E-state index contributed by atoms with van der Waals surface area (Å²) < 4.78 is 9.68. The van der Waals surface area contributed by atoms with Crippen LogP contribution in [-0.4, -0.2) is 40.8 Å². The van der Waals surface area contributed by atoms with E-state index in [0.29, 0.717) is 11.1 Å². The first kappa shape index (κ1) is 32.3. The zero-order chi connectivity index (χ0) is 33.2. The molecule has 0 saturated heterocycles. The fourth-order valence-electron chi connectivity index (χ4n) is 4.84. The molecule has 47 heavy (non-hydrogen) atoms. The van der Waals surface area contributed by atoms with Crippen molar-refractivity contribution >= 4 is 55.9 Å². The van der Waals surface area contributed by atoms with E-state index in [1.54, 1.807) is 30.5 Å². The van der Waals surface area contributed by atoms with Gasteiger partial charge in [0, 0.05) is 23.6 Å². The number of benzene rings is 6. The average Bonchev–Trinajstić information content (AvgIpc) is 3.56. The van der Waals surface area contributed by atoms with Gasteiger partial charge >= 0.3 is 5.97 Å². The van der Waals surface area contributed by atoms with Crippen LogP contribution in [0.3, 0.4) is 0 Å². The maximum atomic E-state index is 11.7. The number of ketones is 2. The number of nitrogens with zero attached hydrogens (tertiary/aromatic N) is 1. The summed E-state index contributed by atoms with van der Waals surface area (Å²) in [4.78, 5) is 37.6. The lowest BCUT2D eigenvalue weighted by Gasteiger charge is -2.03. The number of carbonyl (C=O) groups excluding carboxylic acids is 3. The second-order valence-electron chi connectivity index (χ2n) is 10.5. The van der Waals surface area contributed by atoms with Crippen molar-refractivity contribution in [2.45, 2.75) is 6.92 Å². The van der Waals surface area contributed by atoms with Gasteiger partial charge in [-0.2, -0.15) is 4.98 Å². The maximum absolute atomic E-state index is 11.7. The Morgan fingerprint density at radius 1 is 0.660 bits per heavy atom. The number of oxazole rings is 1. The lowest BCUT2D eigenvalue weighted by molar-refractivity contribution is -0.139. The zero-order valence-electron chi connectivity index (χ0n) is 25.6. The van der Waals surface area contributed by atoms with Crippen LogP contribution in [0.2, 0.25) is 0 Å². The fraction of sp³-hybridized carbons (Fsp3) is 0.0769. The Kier molecular flexibility index (Phi) is 10.5. The number of ether oxygens (including phenoxy) is 1. The number of anilines is 1. The zero-order valence-corrected chi connectivity index (χ0v) is 25.6. The van der Waals surface area contributed by atoms with Crippen LogP contribution >= 0.6 is 0 Å². The summed E-state index contributed by atoms with van der Waals surface area (Å²) in [6, 6.07) is 41.0. The summed E-state index contributed by atoms with van der Waals surface area (Å²) >= 11 is 0. The molecular formula is C39H32N2O6. The predicted octanol–water partition coefficient (Wildman–Crippen LogP) is 7.68. The molecule has 0 aliphatic heterocycles. The van der Waals surface area contributed by atoms with Crippen LogP contribution in [0.15, 0.2) is 138 Å². The highest BCUT2D eigenvalue weighted by molar-refractivity contribution is 6.01. The number of carbonyl (C=O) groups is 3. The summed E-state index contributed by atoms with van der Waals surface area (Å²) in [6.45, 7) is 0.652. The molecule has 0 aliphatic rings. The van der Waals surface area contributed by atoms with Gasteiger partial charge in [0.1, 0.15) is 18.6 Å². The van der Waals surface area contributed by atoms with E-state index in [2.05, 4.69) is 34.0 Å². The Labute approximate surface area is 271 Å². The molecule has 6 aromatic carbocycles. The fourth-order valence-corrected chi connectivity index (χ4v) is 4.84. The van der Waals surface area contributed by atoms with Crippen LogP contribution in [-0.2, 0) is 9.53 Å². The molecule has 234 valence electrons. The van der Waals surface area contributed by atoms with Gasteiger partial charge in [0.2, 0.25) is 0 Å². The summed E-state index contributed by atoms with van der Waals surface area (Å²) in [5, 5.41) is 15.3. The Bertz CT molecular complexity index is 2190. The van der Waals surface area contributed by atoms with Gasteiger partial charge in [-0.25, -0.2) is 0 Å². The van der Waals surface area contributed by atoms with Crippen LogP contribution < -0.4 is 5.73 Å². The van der Waals surface area contributed by atoms with E-state index in [9.17, 15) is 14.4 Å². The van der Waals surface area contributed by atoms with E-state index >= 15 is 0 Å². The Hall–Kier alpha value is -6.12. The van der Waals surface area contributed by atoms with Gasteiger partial charge in [0.15, 0.2) is 18.2 Å². The van der Waals surface area contributed by atoms with Gasteiger partial charge in [-0.1, -0.05) is 109 Å². The monoisotopic (exact) mass is 624 g/mol. The molecule has 1 aromatic heterocycles. The first-order chi connectivity index (χ1) is 22.8. The highest BCUT2D eigenvalue weighted by Crippen LogP contribution is 2.24. The van der Waals surface area contributed by atoms with Gasteiger partial charge in [-0.05, 0) is 50.5 Å². The first-order valence-electron chi connectivity index (χ1n) is 14.8. The number of nitrogen functional groups attached to an aromatic ring is 1. The standard InChI is InChI=1S/C14H12O3.C13H10N2O.C12H10O2/c1-10(15)17-9-14(16)13-7-6-11-4-2-3-5-12(11)8-13;14-13-15-12(8-16-13)11-6-5-9-3-1-2-4-10(9)7-11;13-8-12(14)11-6-5-9-3-1-2-4-10(9)7-11/h2-8H,9H2,1H3;1-8H,(H2,14,15);1-7,13H,8H2. The molecular weight excluding hydrogens is 592 g/mol. The van der Waals surface area contributed by atoms with E-state index in [4.69, 9.17) is 15.3 Å². The largest absolute Gasteiger partial charge is 0.457 e. The molecule has 3 N–H and O–H groups in total. The molecule has 0 bridgehead atoms. The lowest BCUT2D eigenvalue weighted by atomic mass is 10.0.